The summed E-state index contributed by atoms with van der Waals surface area (Å²) in [5.74, 6) is 3.67. The number of aliphatic carboxylic acids is 1. The van der Waals surface area contributed by atoms with E-state index >= 15 is 0 Å². The van der Waals surface area contributed by atoms with Crippen LogP contribution in [0, 0.1) is 0 Å². The van der Waals surface area contributed by atoms with Gasteiger partial charge in [0, 0.05) is 24.3 Å². The monoisotopic (exact) mass is 607 g/mol. The number of nitrogens with one attached hydrogen (secondary N) is 1. The fourth-order valence-electron chi connectivity index (χ4n) is 4.54. The molecule has 1 saturated heterocycles. The number of carboxylic acid groups (broad SMARTS) is 1. The maximum atomic E-state index is 13.1. The molecule has 0 spiro atoms. The van der Waals surface area contributed by atoms with Crippen molar-refractivity contribution in [2.45, 2.75) is 30.1 Å². The smallest absolute Gasteiger partial charge is 0.490 e. The number of benzene rings is 3. The summed E-state index contributed by atoms with van der Waals surface area (Å²) in [6.07, 6.45) is -0.794. The highest BCUT2D eigenvalue weighted by Crippen LogP contribution is 2.31. The number of fused-ring (bicyclic) bond motifs is 2. The molecule has 11 nitrogen and oxygen atoms in total. The second-order valence-electron chi connectivity index (χ2n) is 9.56. The second-order valence-corrected chi connectivity index (χ2v) is 11.3. The lowest BCUT2D eigenvalue weighted by molar-refractivity contribution is -0.192. The highest BCUT2D eigenvalue weighted by molar-refractivity contribution is 7.89. The predicted octanol–water partition coefficient (Wildman–Crippen LogP) is 2.85. The maximum absolute atomic E-state index is 13.1. The molecule has 6 N–H and O–H groups in total. The quantitative estimate of drug-likeness (QED) is 0.243. The molecule has 2 heterocycles. The van der Waals surface area contributed by atoms with E-state index in [0.29, 0.717) is 30.9 Å². The van der Waals surface area contributed by atoms with Gasteiger partial charge in [-0.25, -0.2) is 19.1 Å². The van der Waals surface area contributed by atoms with Gasteiger partial charge in [0.25, 0.3) is 0 Å². The fraction of sp³-hybridized carbons (Fsp3) is 0.259. The van der Waals surface area contributed by atoms with Crippen molar-refractivity contribution in [3.05, 3.63) is 65.7 Å². The number of alkyl halides is 3. The molecule has 1 atom stereocenters. The van der Waals surface area contributed by atoms with E-state index in [1.165, 1.54) is 6.07 Å². The normalized spacial score (nSPS) is 16.7. The van der Waals surface area contributed by atoms with Crippen molar-refractivity contribution in [2.75, 3.05) is 30.9 Å². The van der Waals surface area contributed by atoms with Crippen LogP contribution in [-0.4, -0.2) is 62.7 Å². The average molecular weight is 608 g/mol. The first-order valence-corrected chi connectivity index (χ1v) is 14.0. The van der Waals surface area contributed by atoms with Gasteiger partial charge in [0.1, 0.15) is 11.8 Å². The lowest BCUT2D eigenvalue weighted by atomic mass is 10.0. The van der Waals surface area contributed by atoms with Gasteiger partial charge in [0.05, 0.1) is 24.2 Å². The van der Waals surface area contributed by atoms with Gasteiger partial charge >= 0.3 is 12.1 Å². The first-order chi connectivity index (χ1) is 19.7. The zero-order valence-corrected chi connectivity index (χ0v) is 23.1. The number of carbonyl (C=O) groups excluding carboxylic acids is 1. The van der Waals surface area contributed by atoms with Crippen LogP contribution in [0.5, 0.6) is 5.75 Å². The van der Waals surface area contributed by atoms with Crippen LogP contribution in [0.1, 0.15) is 17.5 Å². The SMILES string of the molecule is COc1ccc2ccc(S(=O)(=O)N[C@H]3CCN(Cc4cc5c(cc4N)C=CCN5N)C3=O)cc2c1.O=C(O)C(F)(F)F. The summed E-state index contributed by atoms with van der Waals surface area (Å²) in [6.45, 7) is 1.29. The minimum Gasteiger partial charge on any atom is -0.497 e. The molecule has 0 aromatic heterocycles. The molecule has 1 fully saturated rings. The van der Waals surface area contributed by atoms with E-state index in [1.54, 1.807) is 35.2 Å². The van der Waals surface area contributed by atoms with Gasteiger partial charge in [-0.3, -0.25) is 4.79 Å². The topological polar surface area (TPSA) is 168 Å². The summed E-state index contributed by atoms with van der Waals surface area (Å²) in [5.41, 5.74) is 9.34. The molecule has 0 bridgehead atoms. The van der Waals surface area contributed by atoms with Gasteiger partial charge in [-0.15, -0.1) is 0 Å². The Balaban J connectivity index is 0.000000517. The molecule has 224 valence electrons. The number of ether oxygens (including phenoxy) is 1. The summed E-state index contributed by atoms with van der Waals surface area (Å²) >= 11 is 0. The highest BCUT2D eigenvalue weighted by Gasteiger charge is 2.38. The van der Waals surface area contributed by atoms with Crippen molar-refractivity contribution >= 4 is 50.1 Å². The van der Waals surface area contributed by atoms with Gasteiger partial charge in [-0.2, -0.15) is 17.9 Å². The van der Waals surface area contributed by atoms with Gasteiger partial charge in [-0.1, -0.05) is 24.3 Å². The number of anilines is 2. The zero-order chi connectivity index (χ0) is 30.8. The number of methoxy groups -OCH3 is 1. The number of sulfonamides is 1. The number of hydrazine groups is 1. The van der Waals surface area contributed by atoms with Gasteiger partial charge in [0.15, 0.2) is 0 Å². The Morgan fingerprint density at radius 2 is 1.83 bits per heavy atom. The third-order valence-electron chi connectivity index (χ3n) is 6.73. The minimum atomic E-state index is -5.08. The maximum Gasteiger partial charge on any atom is 0.490 e. The summed E-state index contributed by atoms with van der Waals surface area (Å²) in [5, 5.41) is 10.4. The molecule has 5 rings (SSSR count). The minimum absolute atomic E-state index is 0.0968. The Kier molecular flexibility index (Phi) is 8.65. The summed E-state index contributed by atoms with van der Waals surface area (Å²) in [6, 6.07) is 13.2. The standard InChI is InChI=1S/C25H27N5O4S.C2HF3O2/c1-34-20-6-4-16-5-7-21(12-18(16)11-20)35(32,33)28-23-8-10-29(25(23)31)15-19-14-24-17(13-22(19)26)3-2-9-30(24)27;3-2(4,5)1(6)7/h2-7,11-14,23,28H,8-10,15,26-27H2,1H3;(H,6,7)/t23-;/m0./s1. The van der Waals surface area contributed by atoms with Crippen molar-refractivity contribution in [2.24, 2.45) is 5.84 Å². The number of carboxylic acids is 1. The lowest BCUT2D eigenvalue weighted by Gasteiger charge is -2.25. The van der Waals surface area contributed by atoms with Gasteiger partial charge in [-0.05, 0) is 59.2 Å². The number of halogens is 3. The Morgan fingerprint density at radius 3 is 2.50 bits per heavy atom. The van der Waals surface area contributed by atoms with Crippen LogP contribution in [0.4, 0.5) is 24.5 Å². The summed E-state index contributed by atoms with van der Waals surface area (Å²) in [7, 11) is -2.35. The Hall–Kier alpha value is -4.34. The molecule has 0 unspecified atom stereocenters. The van der Waals surface area contributed by atoms with Crippen LogP contribution >= 0.6 is 0 Å². The van der Waals surface area contributed by atoms with E-state index in [9.17, 15) is 26.4 Å². The molecule has 42 heavy (non-hydrogen) atoms. The van der Waals surface area contributed by atoms with Gasteiger partial charge < -0.3 is 25.5 Å². The number of nitrogens with two attached hydrogens (primary N) is 2. The van der Waals surface area contributed by atoms with Crippen LogP contribution in [-0.2, 0) is 26.2 Å². The van der Waals surface area contributed by atoms with Crippen LogP contribution in [0.25, 0.3) is 16.8 Å². The van der Waals surface area contributed by atoms with Crippen LogP contribution in [0.3, 0.4) is 0 Å². The molecule has 0 aliphatic carbocycles. The van der Waals surface area contributed by atoms with Crippen molar-refractivity contribution in [1.29, 1.82) is 0 Å². The predicted molar refractivity (Wildman–Crippen MR) is 150 cm³/mol. The Morgan fingerprint density at radius 1 is 1.14 bits per heavy atom. The molecule has 3 aromatic rings. The fourth-order valence-corrected chi connectivity index (χ4v) is 5.80. The number of likely N-dealkylation sites (tertiary alicyclic amines) is 1. The number of nitrogens with zero attached hydrogens (tertiary/aromatic N) is 2. The molecule has 3 aromatic carbocycles. The second kappa shape index (κ2) is 11.9. The van der Waals surface area contributed by atoms with E-state index in [0.717, 1.165) is 27.6 Å². The number of carbonyl (C=O) groups is 2. The van der Waals surface area contributed by atoms with E-state index in [1.807, 2.05) is 36.4 Å². The van der Waals surface area contributed by atoms with Crippen molar-refractivity contribution < 1.29 is 41.0 Å². The molecule has 2 aliphatic rings. The van der Waals surface area contributed by atoms with E-state index in [2.05, 4.69) is 4.72 Å². The van der Waals surface area contributed by atoms with Gasteiger partial charge in [0.2, 0.25) is 15.9 Å². The van der Waals surface area contributed by atoms with Crippen LogP contribution in [0.15, 0.2) is 59.5 Å². The molecule has 15 heteroatoms. The van der Waals surface area contributed by atoms with E-state index in [4.69, 9.17) is 26.2 Å². The molecule has 0 saturated carbocycles. The molecule has 0 radical (unpaired) electrons. The van der Waals surface area contributed by atoms with Crippen molar-refractivity contribution in [1.82, 2.24) is 9.62 Å². The average Bonchev–Trinajstić information content (AvgIpc) is 3.26. The third-order valence-corrected chi connectivity index (χ3v) is 8.19. The number of amides is 1. The van der Waals surface area contributed by atoms with Crippen LogP contribution < -0.4 is 26.0 Å². The van der Waals surface area contributed by atoms with Crippen molar-refractivity contribution in [3.63, 3.8) is 0 Å². The summed E-state index contributed by atoms with van der Waals surface area (Å²) < 4.78 is 65.7. The Labute approximate surface area is 239 Å². The molecule has 2 aliphatic heterocycles. The number of nitrogen functional groups attached to an aromatic ring is 1. The zero-order valence-electron chi connectivity index (χ0n) is 22.3. The van der Waals surface area contributed by atoms with Crippen molar-refractivity contribution in [3.8, 4) is 5.75 Å². The third kappa shape index (κ3) is 6.75. The largest absolute Gasteiger partial charge is 0.497 e. The molecular formula is C27H28F3N5O6S. The number of hydrogen-bond acceptors (Lipinski definition) is 8. The van der Waals surface area contributed by atoms with E-state index < -0.39 is 28.2 Å². The summed E-state index contributed by atoms with van der Waals surface area (Å²) in [4.78, 5) is 23.7. The first kappa shape index (κ1) is 30.6. The van der Waals surface area contributed by atoms with Crippen LogP contribution in [0.2, 0.25) is 0 Å². The Bertz CT molecular complexity index is 1660. The lowest BCUT2D eigenvalue weighted by Crippen LogP contribution is -2.41. The van der Waals surface area contributed by atoms with E-state index in [-0.39, 0.29) is 17.3 Å². The number of rotatable bonds is 6. The molecule has 1 amide bonds. The molecular weight excluding hydrogens is 579 g/mol. The highest BCUT2D eigenvalue weighted by atomic mass is 32.2. The number of hydrogen-bond donors (Lipinski definition) is 4. The first-order valence-electron chi connectivity index (χ1n) is 12.5.